The van der Waals surface area contributed by atoms with Gasteiger partial charge in [0.15, 0.2) is 0 Å². The quantitative estimate of drug-likeness (QED) is 0.105. The van der Waals surface area contributed by atoms with Gasteiger partial charge in [-0.1, -0.05) is 44.2 Å². The van der Waals surface area contributed by atoms with E-state index < -0.39 is 17.7 Å². The second-order valence-electron chi connectivity index (χ2n) is 17.0. The molecule has 4 aliphatic rings. The molecule has 0 radical (unpaired) electrons. The van der Waals surface area contributed by atoms with Gasteiger partial charge in [0.2, 0.25) is 11.8 Å². The number of rotatable bonds is 10. The number of fused-ring (bicyclic) bond motifs is 5. The van der Waals surface area contributed by atoms with Crippen LogP contribution in [0.5, 0.6) is 0 Å². The van der Waals surface area contributed by atoms with Gasteiger partial charge < -0.3 is 35.3 Å². The fourth-order valence-corrected chi connectivity index (χ4v) is 10.2. The van der Waals surface area contributed by atoms with Gasteiger partial charge in [-0.15, -0.1) is 0 Å². The van der Waals surface area contributed by atoms with Gasteiger partial charge in [-0.05, 0) is 114 Å². The van der Waals surface area contributed by atoms with E-state index in [0.29, 0.717) is 30.7 Å². The third kappa shape index (κ3) is 6.54. The Labute approximate surface area is 337 Å². The second-order valence-corrected chi connectivity index (χ2v) is 17.0. The number of hydrogen-bond acceptors (Lipinski definition) is 8. The number of aromatic nitrogens is 5. The van der Waals surface area contributed by atoms with Crippen LogP contribution in [-0.4, -0.2) is 72.5 Å². The molecule has 0 spiro atoms. The monoisotopic (exact) mass is 782 g/mol. The summed E-state index contributed by atoms with van der Waals surface area (Å²) >= 11 is 0. The molecule has 5 N–H and O–H groups in total. The number of ether oxygens (including phenoxy) is 1. The van der Waals surface area contributed by atoms with Crippen molar-refractivity contribution in [1.29, 1.82) is 0 Å². The molecule has 2 aromatic carbocycles. The number of H-pyrrole nitrogens is 2. The predicted molar refractivity (Wildman–Crippen MR) is 217 cm³/mol. The Morgan fingerprint density at radius 1 is 0.931 bits per heavy atom. The highest BCUT2D eigenvalue weighted by atomic mass is 16.5. The molecule has 13 nitrogen and oxygen atoms in total. The average molecular weight is 783 g/mol. The van der Waals surface area contributed by atoms with E-state index in [-0.39, 0.29) is 35.6 Å². The van der Waals surface area contributed by atoms with Gasteiger partial charge in [0.25, 0.3) is 0 Å². The van der Waals surface area contributed by atoms with Gasteiger partial charge in [-0.2, -0.15) is 0 Å². The molecule has 13 heteroatoms. The molecule has 3 fully saturated rings. The van der Waals surface area contributed by atoms with Crippen LogP contribution in [0, 0.1) is 23.7 Å². The van der Waals surface area contributed by atoms with Crippen molar-refractivity contribution in [2.75, 3.05) is 13.7 Å². The fourth-order valence-electron chi connectivity index (χ4n) is 10.2. The summed E-state index contributed by atoms with van der Waals surface area (Å²) in [5.74, 6) is 2.00. The normalized spacial score (nSPS) is 24.8. The number of amides is 3. The first-order valence-corrected chi connectivity index (χ1v) is 20.5. The third-order valence-corrected chi connectivity index (χ3v) is 13.2. The van der Waals surface area contributed by atoms with Crippen LogP contribution in [0.2, 0.25) is 0 Å². The van der Waals surface area contributed by atoms with E-state index in [2.05, 4.69) is 37.7 Å². The molecule has 2 unspecified atom stereocenters. The minimum atomic E-state index is -1.27. The molecular formula is C45H50N8O5. The van der Waals surface area contributed by atoms with E-state index in [4.69, 9.17) is 14.7 Å². The summed E-state index contributed by atoms with van der Waals surface area (Å²) in [6, 6.07) is 15.2. The Hall–Kier alpha value is -5.82. The van der Waals surface area contributed by atoms with E-state index in [1.807, 2.05) is 63.4 Å². The number of nitrogens with zero attached hydrogens (tertiary/aromatic N) is 4. The number of imidazole rings is 2. The number of hydrogen-bond donors (Lipinski definition) is 5. The summed E-state index contributed by atoms with van der Waals surface area (Å²) in [6.07, 6.45) is 11.3. The lowest BCUT2D eigenvalue weighted by Crippen LogP contribution is -2.51. The zero-order valence-corrected chi connectivity index (χ0v) is 33.3. The lowest BCUT2D eigenvalue weighted by molar-refractivity contribution is -0.135. The number of alkyl carbamates (subject to hydrolysis) is 1. The first-order chi connectivity index (χ1) is 28.0. The van der Waals surface area contributed by atoms with Crippen LogP contribution in [0.3, 0.4) is 0 Å². The molecule has 3 aliphatic carbocycles. The number of likely N-dealkylation sites (tertiary alicyclic amines) is 1. The lowest BCUT2D eigenvalue weighted by atomic mass is 9.78. The summed E-state index contributed by atoms with van der Waals surface area (Å²) in [5, 5.41) is 18.1. The molecule has 3 aromatic heterocycles. The zero-order chi connectivity index (χ0) is 40.3. The number of nitrogens with one attached hydrogen (secondary N) is 4. The highest BCUT2D eigenvalue weighted by Crippen LogP contribution is 2.56. The van der Waals surface area contributed by atoms with Crippen LogP contribution in [0.1, 0.15) is 93.2 Å². The molecular weight excluding hydrogens is 733 g/mol. The molecule has 58 heavy (non-hydrogen) atoms. The minimum Gasteiger partial charge on any atom is -0.453 e. The van der Waals surface area contributed by atoms with Crippen LogP contribution >= 0.6 is 0 Å². The van der Waals surface area contributed by atoms with Gasteiger partial charge in [0, 0.05) is 31.4 Å². The lowest BCUT2D eigenvalue weighted by Gasteiger charge is -2.30. The van der Waals surface area contributed by atoms with Crippen molar-refractivity contribution in [3.63, 3.8) is 0 Å². The van der Waals surface area contributed by atoms with Crippen molar-refractivity contribution in [3.05, 3.63) is 102 Å². The van der Waals surface area contributed by atoms with E-state index in [1.54, 1.807) is 23.5 Å². The molecule has 5 aromatic rings. The molecule has 9 rings (SSSR count). The number of carbonyl (C=O) groups excluding carboxylic acids is 3. The summed E-state index contributed by atoms with van der Waals surface area (Å²) in [6.45, 7) is 6.65. The van der Waals surface area contributed by atoms with Crippen LogP contribution in [-0.2, 0) is 26.5 Å². The number of pyridine rings is 1. The molecule has 4 heterocycles. The van der Waals surface area contributed by atoms with Gasteiger partial charge in [-0.25, -0.2) is 14.8 Å². The molecule has 2 bridgehead atoms. The Morgan fingerprint density at radius 2 is 1.60 bits per heavy atom. The van der Waals surface area contributed by atoms with Crippen LogP contribution < -0.4 is 10.6 Å². The zero-order valence-electron chi connectivity index (χ0n) is 33.3. The van der Waals surface area contributed by atoms with Gasteiger partial charge in [0.1, 0.15) is 23.3 Å². The van der Waals surface area contributed by atoms with E-state index in [9.17, 15) is 19.5 Å². The fraction of sp³-hybridized carbons (Fsp3) is 0.422. The first-order valence-electron chi connectivity index (χ1n) is 20.5. The molecule has 7 atom stereocenters. The Kier molecular flexibility index (Phi) is 9.66. The van der Waals surface area contributed by atoms with E-state index in [0.717, 1.165) is 88.3 Å². The summed E-state index contributed by atoms with van der Waals surface area (Å²) in [5.41, 5.74) is 6.69. The molecule has 300 valence electrons. The molecule has 1 saturated heterocycles. The van der Waals surface area contributed by atoms with Crippen LogP contribution in [0.4, 0.5) is 4.79 Å². The van der Waals surface area contributed by atoms with Crippen molar-refractivity contribution in [1.82, 2.24) is 40.5 Å². The minimum absolute atomic E-state index is 0.0300. The average Bonchev–Trinajstić information content (AvgIpc) is 4.10. The number of aromatic amines is 2. The van der Waals surface area contributed by atoms with Crippen LogP contribution in [0.25, 0.3) is 33.6 Å². The second kappa shape index (κ2) is 14.8. The molecule has 2 saturated carbocycles. The van der Waals surface area contributed by atoms with Gasteiger partial charge in [-0.3, -0.25) is 14.6 Å². The van der Waals surface area contributed by atoms with Crippen molar-refractivity contribution >= 4 is 17.9 Å². The smallest absolute Gasteiger partial charge is 0.407 e. The van der Waals surface area contributed by atoms with E-state index in [1.165, 1.54) is 7.11 Å². The number of aliphatic hydroxyl groups is 1. The molecule has 1 aliphatic heterocycles. The highest BCUT2D eigenvalue weighted by Gasteiger charge is 2.52. The maximum absolute atomic E-state index is 13.7. The van der Waals surface area contributed by atoms with Gasteiger partial charge >= 0.3 is 6.09 Å². The number of methoxy groups -OCH3 is 1. The van der Waals surface area contributed by atoms with Crippen molar-refractivity contribution in [2.45, 2.75) is 83.0 Å². The Morgan fingerprint density at radius 3 is 2.26 bits per heavy atom. The maximum atomic E-state index is 13.7. The van der Waals surface area contributed by atoms with Crippen molar-refractivity contribution < 1.29 is 24.2 Å². The molecule has 3 amide bonds. The van der Waals surface area contributed by atoms with Crippen molar-refractivity contribution in [2.24, 2.45) is 23.7 Å². The van der Waals surface area contributed by atoms with Gasteiger partial charge in [0.05, 0.1) is 42.9 Å². The number of carbonyl (C=O) groups is 3. The predicted octanol–water partition coefficient (Wildman–Crippen LogP) is 6.59. The largest absolute Gasteiger partial charge is 0.453 e. The van der Waals surface area contributed by atoms with Crippen molar-refractivity contribution in [3.8, 4) is 33.6 Å². The Balaban J connectivity index is 0.928. The standard InChI is InChI=1S/C45H50N8O5/c1-24(2)39(52-44(56)58-4)43(55)53-16-6-8-36(53)40-47-22-34(50-40)26-11-13-30-31-14-12-27(19-33(31)45(3,57)32(30)18-26)35-23-48-41(51-35)37-28-9-10-29(17-28)38(37)42(54)49-21-25-7-5-15-46-20-25/h5,7,11-15,18-20,22-24,28-29,36-39,57H,6,8-10,16-17,21H2,1-4H3,(H,47,50)(H,48,51)(H,49,54)(H,52,56)/t28?,29?,36-,37+,38+,39-,45+/m0/s1. The first kappa shape index (κ1) is 37.7. The summed E-state index contributed by atoms with van der Waals surface area (Å²) in [7, 11) is 1.29. The summed E-state index contributed by atoms with van der Waals surface area (Å²) in [4.78, 5) is 62.0. The summed E-state index contributed by atoms with van der Waals surface area (Å²) < 4.78 is 4.78. The highest BCUT2D eigenvalue weighted by molar-refractivity contribution is 5.87. The maximum Gasteiger partial charge on any atom is 0.407 e. The third-order valence-electron chi connectivity index (χ3n) is 13.2. The van der Waals surface area contributed by atoms with E-state index >= 15 is 0 Å². The number of benzene rings is 2. The topological polar surface area (TPSA) is 178 Å². The Bertz CT molecular complexity index is 2370. The SMILES string of the molecule is COC(=O)N[C@H](C(=O)N1CCC[C@H]1c1ncc(-c2ccc3c(c2)[C@@](C)(O)c2cc(-c4cnc([C@@H]5C6CCC(C6)[C@H]5C(=O)NCc5cccnc5)[nH]4)ccc2-3)[nH]1)C(C)C. The van der Waals surface area contributed by atoms with Crippen LogP contribution in [0.15, 0.2) is 73.3 Å².